The van der Waals surface area contributed by atoms with E-state index in [1.165, 1.54) is 11.3 Å². The molecule has 1 saturated heterocycles. The van der Waals surface area contributed by atoms with E-state index in [4.69, 9.17) is 17.3 Å². The Hall–Kier alpha value is -0.770. The van der Waals surface area contributed by atoms with Crippen molar-refractivity contribution < 1.29 is 0 Å². The first-order chi connectivity index (χ1) is 9.40. The second-order valence-corrected chi connectivity index (χ2v) is 6.74. The van der Waals surface area contributed by atoms with Gasteiger partial charge in [0.1, 0.15) is 0 Å². The number of likely N-dealkylation sites (N-methyl/N-ethyl adjacent to an activating group) is 1. The fourth-order valence-corrected chi connectivity index (χ4v) is 3.43. The SMILES string of the molecule is CC(N)Cc1c(Cl)cccc1N1CC(C)C(N(C)C)C1. The molecule has 0 aromatic heterocycles. The van der Waals surface area contributed by atoms with Gasteiger partial charge in [-0.2, -0.15) is 0 Å². The highest BCUT2D eigenvalue weighted by Crippen LogP contribution is 2.33. The summed E-state index contributed by atoms with van der Waals surface area (Å²) in [7, 11) is 4.32. The van der Waals surface area contributed by atoms with Gasteiger partial charge in [-0.15, -0.1) is 0 Å². The largest absolute Gasteiger partial charge is 0.369 e. The van der Waals surface area contributed by atoms with E-state index in [1.807, 2.05) is 19.1 Å². The topological polar surface area (TPSA) is 32.5 Å². The molecule has 0 radical (unpaired) electrons. The third-order valence-corrected chi connectivity index (χ3v) is 4.55. The molecule has 3 atom stereocenters. The van der Waals surface area contributed by atoms with Crippen LogP contribution < -0.4 is 10.6 Å². The van der Waals surface area contributed by atoms with E-state index in [2.05, 4.69) is 36.9 Å². The Kier molecular flexibility index (Phi) is 4.95. The maximum Gasteiger partial charge on any atom is 0.0459 e. The lowest BCUT2D eigenvalue weighted by Gasteiger charge is -2.25. The summed E-state index contributed by atoms with van der Waals surface area (Å²) >= 11 is 6.39. The Morgan fingerprint density at radius 1 is 1.40 bits per heavy atom. The first kappa shape index (κ1) is 15.6. The molecule has 1 aliphatic heterocycles. The highest BCUT2D eigenvalue weighted by atomic mass is 35.5. The molecule has 1 aromatic carbocycles. The minimum Gasteiger partial charge on any atom is -0.369 e. The second-order valence-electron chi connectivity index (χ2n) is 6.33. The summed E-state index contributed by atoms with van der Waals surface area (Å²) < 4.78 is 0. The highest BCUT2D eigenvalue weighted by Gasteiger charge is 2.32. The van der Waals surface area contributed by atoms with Crippen molar-refractivity contribution in [1.29, 1.82) is 0 Å². The second kappa shape index (κ2) is 6.33. The molecule has 0 aliphatic carbocycles. The molecule has 20 heavy (non-hydrogen) atoms. The fourth-order valence-electron chi connectivity index (χ4n) is 3.19. The van der Waals surface area contributed by atoms with Gasteiger partial charge in [-0.3, -0.25) is 0 Å². The van der Waals surface area contributed by atoms with Crippen LogP contribution in [-0.4, -0.2) is 44.2 Å². The van der Waals surface area contributed by atoms with E-state index in [-0.39, 0.29) is 6.04 Å². The average molecular weight is 296 g/mol. The van der Waals surface area contributed by atoms with Crippen molar-refractivity contribution in [2.75, 3.05) is 32.1 Å². The predicted octanol–water partition coefficient (Wildman–Crippen LogP) is 2.62. The van der Waals surface area contributed by atoms with Crippen LogP contribution in [0.5, 0.6) is 0 Å². The van der Waals surface area contributed by atoms with E-state index in [1.54, 1.807) is 0 Å². The number of hydrogen-bond acceptors (Lipinski definition) is 3. The maximum absolute atomic E-state index is 6.39. The van der Waals surface area contributed by atoms with Crippen molar-refractivity contribution in [3.8, 4) is 0 Å². The van der Waals surface area contributed by atoms with Crippen LogP contribution in [0.15, 0.2) is 18.2 Å². The van der Waals surface area contributed by atoms with Crippen molar-refractivity contribution in [3.05, 3.63) is 28.8 Å². The van der Waals surface area contributed by atoms with Crippen LogP contribution in [0.2, 0.25) is 5.02 Å². The lowest BCUT2D eigenvalue weighted by atomic mass is 10.0. The molecule has 3 nitrogen and oxygen atoms in total. The Morgan fingerprint density at radius 2 is 2.10 bits per heavy atom. The van der Waals surface area contributed by atoms with E-state index in [0.717, 1.165) is 24.5 Å². The predicted molar refractivity (Wildman–Crippen MR) is 87.7 cm³/mol. The van der Waals surface area contributed by atoms with Crippen LogP contribution in [0.3, 0.4) is 0 Å². The molecule has 1 fully saturated rings. The van der Waals surface area contributed by atoms with Gasteiger partial charge in [-0.05, 0) is 51.1 Å². The minimum absolute atomic E-state index is 0.123. The molecule has 0 amide bonds. The molecule has 1 heterocycles. The zero-order valence-corrected chi connectivity index (χ0v) is 13.7. The van der Waals surface area contributed by atoms with Crippen LogP contribution in [0.4, 0.5) is 5.69 Å². The Labute approximate surface area is 127 Å². The number of nitrogens with two attached hydrogens (primary N) is 1. The van der Waals surface area contributed by atoms with E-state index < -0.39 is 0 Å². The number of rotatable bonds is 4. The normalized spacial score (nSPS) is 24.4. The van der Waals surface area contributed by atoms with Gasteiger partial charge in [0.2, 0.25) is 0 Å². The summed E-state index contributed by atoms with van der Waals surface area (Å²) in [4.78, 5) is 4.78. The molecule has 4 heteroatoms. The summed E-state index contributed by atoms with van der Waals surface area (Å²) in [6.45, 7) is 6.48. The molecular weight excluding hydrogens is 270 g/mol. The van der Waals surface area contributed by atoms with Gasteiger partial charge in [0.25, 0.3) is 0 Å². The molecule has 112 valence electrons. The van der Waals surface area contributed by atoms with E-state index in [0.29, 0.717) is 12.0 Å². The zero-order valence-electron chi connectivity index (χ0n) is 12.9. The summed E-state index contributed by atoms with van der Waals surface area (Å²) in [6, 6.07) is 6.89. The molecule has 0 saturated carbocycles. The highest BCUT2D eigenvalue weighted by molar-refractivity contribution is 6.31. The van der Waals surface area contributed by atoms with Gasteiger partial charge in [0.15, 0.2) is 0 Å². The first-order valence-electron chi connectivity index (χ1n) is 7.34. The third-order valence-electron chi connectivity index (χ3n) is 4.20. The molecule has 1 aromatic rings. The number of anilines is 1. The lowest BCUT2D eigenvalue weighted by Crippen LogP contribution is -2.34. The Balaban J connectivity index is 2.27. The summed E-state index contributed by atoms with van der Waals surface area (Å²) in [5, 5.41) is 0.834. The fraction of sp³-hybridized carbons (Fsp3) is 0.625. The number of halogens is 1. The van der Waals surface area contributed by atoms with E-state index in [9.17, 15) is 0 Å². The Morgan fingerprint density at radius 3 is 2.65 bits per heavy atom. The van der Waals surface area contributed by atoms with Gasteiger partial charge in [0.05, 0.1) is 0 Å². The summed E-state index contributed by atoms with van der Waals surface area (Å²) in [5.41, 5.74) is 8.42. The lowest BCUT2D eigenvalue weighted by molar-refractivity contribution is 0.266. The molecule has 3 unspecified atom stereocenters. The maximum atomic E-state index is 6.39. The summed E-state index contributed by atoms with van der Waals surface area (Å²) in [6.07, 6.45) is 0.826. The molecule has 0 spiro atoms. The average Bonchev–Trinajstić information content (AvgIpc) is 2.73. The number of benzene rings is 1. The van der Waals surface area contributed by atoms with Gasteiger partial charge >= 0.3 is 0 Å². The minimum atomic E-state index is 0.123. The van der Waals surface area contributed by atoms with Crippen LogP contribution in [-0.2, 0) is 6.42 Å². The van der Waals surface area contributed by atoms with Crippen LogP contribution in [0, 0.1) is 5.92 Å². The van der Waals surface area contributed by atoms with Crippen molar-refractivity contribution in [1.82, 2.24) is 4.90 Å². The first-order valence-corrected chi connectivity index (χ1v) is 7.72. The van der Waals surface area contributed by atoms with Gasteiger partial charge in [0, 0.05) is 35.9 Å². The van der Waals surface area contributed by atoms with Gasteiger partial charge in [-0.1, -0.05) is 24.6 Å². The van der Waals surface area contributed by atoms with Crippen LogP contribution in [0.25, 0.3) is 0 Å². The Bertz CT molecular complexity index is 459. The number of hydrogen-bond donors (Lipinski definition) is 1. The molecule has 0 bridgehead atoms. The third kappa shape index (κ3) is 3.27. The molecular formula is C16H26ClN3. The van der Waals surface area contributed by atoms with Gasteiger partial charge < -0.3 is 15.5 Å². The standard InChI is InChI=1S/C16H26ClN3/c1-11-9-20(10-16(11)19(3)4)15-7-5-6-14(17)13(15)8-12(2)18/h5-7,11-12,16H,8-10,18H2,1-4H3. The summed E-state index contributed by atoms with van der Waals surface area (Å²) in [5.74, 6) is 0.659. The van der Waals surface area contributed by atoms with Crippen molar-refractivity contribution >= 4 is 17.3 Å². The van der Waals surface area contributed by atoms with Gasteiger partial charge in [-0.25, -0.2) is 0 Å². The number of nitrogens with zero attached hydrogens (tertiary/aromatic N) is 2. The smallest absolute Gasteiger partial charge is 0.0459 e. The van der Waals surface area contributed by atoms with Crippen molar-refractivity contribution in [3.63, 3.8) is 0 Å². The van der Waals surface area contributed by atoms with Crippen molar-refractivity contribution in [2.45, 2.75) is 32.4 Å². The quantitative estimate of drug-likeness (QED) is 0.927. The van der Waals surface area contributed by atoms with Crippen molar-refractivity contribution in [2.24, 2.45) is 11.7 Å². The van der Waals surface area contributed by atoms with Crippen LogP contribution >= 0.6 is 11.6 Å². The van der Waals surface area contributed by atoms with Crippen LogP contribution in [0.1, 0.15) is 19.4 Å². The molecule has 2 N–H and O–H groups in total. The molecule has 1 aliphatic rings. The zero-order chi connectivity index (χ0) is 14.9. The van der Waals surface area contributed by atoms with E-state index >= 15 is 0 Å². The molecule has 2 rings (SSSR count). The monoisotopic (exact) mass is 295 g/mol.